The summed E-state index contributed by atoms with van der Waals surface area (Å²) in [6.07, 6.45) is 3.38. The van der Waals surface area contributed by atoms with Crippen LogP contribution in [0.25, 0.3) is 0 Å². The molecule has 5 heteroatoms. The summed E-state index contributed by atoms with van der Waals surface area (Å²) in [5.74, 6) is 0.0341. The van der Waals surface area contributed by atoms with Crippen LogP contribution in [0.3, 0.4) is 0 Å². The zero-order valence-electron chi connectivity index (χ0n) is 11.0. The number of carbonyl (C=O) groups is 1. The van der Waals surface area contributed by atoms with Crippen molar-refractivity contribution in [3.8, 4) is 0 Å². The SMILES string of the molecule is Cc1n[nH]c(C)c1CC(=O)NCC1(CCO)CC1. The molecule has 0 spiro atoms. The van der Waals surface area contributed by atoms with Gasteiger partial charge in [-0.25, -0.2) is 0 Å². The Morgan fingerprint density at radius 2 is 2.22 bits per heavy atom. The van der Waals surface area contributed by atoms with Crippen molar-refractivity contribution in [3.05, 3.63) is 17.0 Å². The Labute approximate surface area is 107 Å². The van der Waals surface area contributed by atoms with E-state index < -0.39 is 0 Å². The molecular weight excluding hydrogens is 230 g/mol. The number of hydrogen-bond acceptors (Lipinski definition) is 3. The molecule has 0 bridgehead atoms. The fraction of sp³-hybridized carbons (Fsp3) is 0.692. The Balaban J connectivity index is 1.83. The molecule has 1 aliphatic rings. The molecular formula is C13H21N3O2. The number of nitrogens with one attached hydrogen (secondary N) is 2. The summed E-state index contributed by atoms with van der Waals surface area (Å²) in [5.41, 5.74) is 3.00. The van der Waals surface area contributed by atoms with E-state index in [2.05, 4.69) is 15.5 Å². The fourth-order valence-electron chi connectivity index (χ4n) is 2.27. The van der Waals surface area contributed by atoms with Crippen LogP contribution >= 0.6 is 0 Å². The highest BCUT2D eigenvalue weighted by atomic mass is 16.3. The van der Waals surface area contributed by atoms with Gasteiger partial charge in [0.1, 0.15) is 0 Å². The summed E-state index contributed by atoms with van der Waals surface area (Å²) in [5, 5.41) is 18.9. The maximum Gasteiger partial charge on any atom is 0.224 e. The highest BCUT2D eigenvalue weighted by Crippen LogP contribution is 2.47. The molecule has 0 saturated heterocycles. The third-order valence-corrected chi connectivity index (χ3v) is 3.88. The molecule has 0 atom stereocenters. The second-order valence-corrected chi connectivity index (χ2v) is 5.34. The molecule has 1 aromatic rings. The number of carbonyl (C=O) groups excluding carboxylic acids is 1. The summed E-state index contributed by atoms with van der Waals surface area (Å²) in [6, 6.07) is 0. The van der Waals surface area contributed by atoms with Crippen molar-refractivity contribution in [2.75, 3.05) is 13.2 Å². The summed E-state index contributed by atoms with van der Waals surface area (Å²) in [6.45, 7) is 4.72. The van der Waals surface area contributed by atoms with Crippen molar-refractivity contribution < 1.29 is 9.90 Å². The monoisotopic (exact) mass is 251 g/mol. The fourth-order valence-corrected chi connectivity index (χ4v) is 2.27. The Hall–Kier alpha value is -1.36. The topological polar surface area (TPSA) is 78.0 Å². The smallest absolute Gasteiger partial charge is 0.224 e. The van der Waals surface area contributed by atoms with Gasteiger partial charge in [-0.3, -0.25) is 9.89 Å². The van der Waals surface area contributed by atoms with Gasteiger partial charge in [0.25, 0.3) is 0 Å². The van der Waals surface area contributed by atoms with Crippen LogP contribution in [-0.4, -0.2) is 34.4 Å². The van der Waals surface area contributed by atoms with Crippen LogP contribution in [0.2, 0.25) is 0 Å². The van der Waals surface area contributed by atoms with Crippen molar-refractivity contribution in [3.63, 3.8) is 0 Å². The van der Waals surface area contributed by atoms with Gasteiger partial charge in [-0.05, 0) is 38.5 Å². The molecule has 1 aliphatic carbocycles. The molecule has 5 nitrogen and oxygen atoms in total. The van der Waals surface area contributed by atoms with Crippen molar-refractivity contribution >= 4 is 5.91 Å². The zero-order chi connectivity index (χ0) is 13.2. The number of aromatic nitrogens is 2. The third-order valence-electron chi connectivity index (χ3n) is 3.88. The number of aromatic amines is 1. The largest absolute Gasteiger partial charge is 0.396 e. The van der Waals surface area contributed by atoms with E-state index in [1.54, 1.807) is 0 Å². The molecule has 0 aromatic carbocycles. The van der Waals surface area contributed by atoms with Gasteiger partial charge in [-0.1, -0.05) is 0 Å². The number of hydrogen-bond donors (Lipinski definition) is 3. The van der Waals surface area contributed by atoms with Crippen LogP contribution in [0.1, 0.15) is 36.2 Å². The number of nitrogens with zero attached hydrogens (tertiary/aromatic N) is 1. The van der Waals surface area contributed by atoms with E-state index in [-0.39, 0.29) is 17.9 Å². The molecule has 2 rings (SSSR count). The van der Waals surface area contributed by atoms with E-state index in [1.165, 1.54) is 0 Å². The predicted octanol–water partition coefficient (Wildman–Crippen LogP) is 0.848. The Morgan fingerprint density at radius 3 is 2.72 bits per heavy atom. The first kappa shape index (κ1) is 13.1. The standard InChI is InChI=1S/C13H21N3O2/c1-9-11(10(2)16-15-9)7-12(18)14-8-13(3-4-13)5-6-17/h17H,3-8H2,1-2H3,(H,14,18)(H,15,16). The Morgan fingerprint density at radius 1 is 1.50 bits per heavy atom. The quantitative estimate of drug-likeness (QED) is 0.701. The van der Waals surface area contributed by atoms with Crippen LogP contribution in [0.15, 0.2) is 0 Å². The van der Waals surface area contributed by atoms with Gasteiger partial charge < -0.3 is 10.4 Å². The summed E-state index contributed by atoms with van der Waals surface area (Å²) in [7, 11) is 0. The van der Waals surface area contributed by atoms with E-state index >= 15 is 0 Å². The van der Waals surface area contributed by atoms with Gasteiger partial charge in [-0.2, -0.15) is 5.10 Å². The van der Waals surface area contributed by atoms with E-state index in [1.807, 2.05) is 13.8 Å². The lowest BCUT2D eigenvalue weighted by Gasteiger charge is -2.14. The van der Waals surface area contributed by atoms with Crippen molar-refractivity contribution in [1.29, 1.82) is 0 Å². The molecule has 0 aliphatic heterocycles. The first-order valence-electron chi connectivity index (χ1n) is 6.44. The number of rotatable bonds is 6. The highest BCUT2D eigenvalue weighted by molar-refractivity contribution is 5.79. The van der Waals surface area contributed by atoms with E-state index in [0.29, 0.717) is 13.0 Å². The molecule has 100 valence electrons. The minimum atomic E-state index is 0.0341. The van der Waals surface area contributed by atoms with E-state index in [4.69, 9.17) is 5.11 Å². The number of H-pyrrole nitrogens is 1. The lowest BCUT2D eigenvalue weighted by atomic mass is 10.0. The lowest BCUT2D eigenvalue weighted by molar-refractivity contribution is -0.120. The minimum absolute atomic E-state index is 0.0341. The van der Waals surface area contributed by atoms with Gasteiger partial charge in [-0.15, -0.1) is 0 Å². The van der Waals surface area contributed by atoms with Gasteiger partial charge in [0, 0.05) is 24.4 Å². The number of aryl methyl sites for hydroxylation is 2. The molecule has 1 fully saturated rings. The van der Waals surface area contributed by atoms with Crippen molar-refractivity contribution in [1.82, 2.24) is 15.5 Å². The van der Waals surface area contributed by atoms with Gasteiger partial charge in [0.05, 0.1) is 12.1 Å². The molecule has 1 saturated carbocycles. The van der Waals surface area contributed by atoms with E-state index in [9.17, 15) is 4.79 Å². The molecule has 18 heavy (non-hydrogen) atoms. The molecule has 3 N–H and O–H groups in total. The average Bonchev–Trinajstić information content (AvgIpc) is 3.04. The molecule has 1 aromatic heterocycles. The zero-order valence-corrected chi connectivity index (χ0v) is 11.0. The molecule has 0 radical (unpaired) electrons. The molecule has 1 amide bonds. The Kier molecular flexibility index (Phi) is 3.71. The number of aliphatic hydroxyl groups is 1. The maximum atomic E-state index is 11.9. The first-order chi connectivity index (χ1) is 8.56. The second kappa shape index (κ2) is 5.10. The van der Waals surface area contributed by atoms with E-state index in [0.717, 1.165) is 36.2 Å². The summed E-state index contributed by atoms with van der Waals surface area (Å²) < 4.78 is 0. The number of aliphatic hydroxyl groups excluding tert-OH is 1. The maximum absolute atomic E-state index is 11.9. The van der Waals surface area contributed by atoms with Crippen LogP contribution in [-0.2, 0) is 11.2 Å². The van der Waals surface area contributed by atoms with Gasteiger partial charge in [0.15, 0.2) is 0 Å². The van der Waals surface area contributed by atoms with Gasteiger partial charge >= 0.3 is 0 Å². The lowest BCUT2D eigenvalue weighted by Crippen LogP contribution is -2.32. The third kappa shape index (κ3) is 2.90. The molecule has 0 unspecified atom stereocenters. The predicted molar refractivity (Wildman–Crippen MR) is 68.1 cm³/mol. The highest BCUT2D eigenvalue weighted by Gasteiger charge is 2.41. The van der Waals surface area contributed by atoms with Crippen LogP contribution in [0.5, 0.6) is 0 Å². The van der Waals surface area contributed by atoms with Crippen molar-refractivity contribution in [2.45, 2.75) is 39.5 Å². The van der Waals surface area contributed by atoms with Crippen LogP contribution in [0, 0.1) is 19.3 Å². The number of amides is 1. The minimum Gasteiger partial charge on any atom is -0.396 e. The normalized spacial score (nSPS) is 16.6. The molecule has 1 heterocycles. The second-order valence-electron chi connectivity index (χ2n) is 5.34. The van der Waals surface area contributed by atoms with Crippen LogP contribution < -0.4 is 5.32 Å². The Bertz CT molecular complexity index is 416. The summed E-state index contributed by atoms with van der Waals surface area (Å²) in [4.78, 5) is 11.9. The van der Waals surface area contributed by atoms with Crippen LogP contribution in [0.4, 0.5) is 0 Å². The average molecular weight is 251 g/mol. The summed E-state index contributed by atoms with van der Waals surface area (Å²) >= 11 is 0. The first-order valence-corrected chi connectivity index (χ1v) is 6.44. The van der Waals surface area contributed by atoms with Gasteiger partial charge in [0.2, 0.25) is 5.91 Å². The van der Waals surface area contributed by atoms with Crippen molar-refractivity contribution in [2.24, 2.45) is 5.41 Å².